The molecule has 1 aromatic carbocycles. The first-order valence-electron chi connectivity index (χ1n) is 4.93. The minimum absolute atomic E-state index is 0. The predicted octanol–water partition coefficient (Wildman–Crippen LogP) is 2.89. The van der Waals surface area contributed by atoms with E-state index in [0.29, 0.717) is 16.0 Å². The van der Waals surface area contributed by atoms with E-state index in [-0.39, 0.29) is 29.9 Å². The second-order valence-electron chi connectivity index (χ2n) is 3.98. The molecule has 17 heavy (non-hydrogen) atoms. The summed E-state index contributed by atoms with van der Waals surface area (Å²) in [6.45, 7) is 0. The number of phenolic OH excluding ortho intramolecular Hbond substituents is 1. The molecule has 3 N–H and O–H groups in total. The zero-order valence-corrected chi connectivity index (χ0v) is 11.2. The zero-order valence-electron chi connectivity index (χ0n) is 8.80. The average Bonchev–Trinajstić information content (AvgIpc) is 3.03. The van der Waals surface area contributed by atoms with Crippen molar-refractivity contribution in [2.75, 3.05) is 0 Å². The lowest BCUT2D eigenvalue weighted by Gasteiger charge is -2.13. The number of phenols is 1. The first kappa shape index (κ1) is 14.2. The van der Waals surface area contributed by atoms with Crippen molar-refractivity contribution in [2.45, 2.75) is 18.9 Å². The van der Waals surface area contributed by atoms with Gasteiger partial charge in [0.05, 0.1) is 4.92 Å². The van der Waals surface area contributed by atoms with E-state index in [9.17, 15) is 15.2 Å². The molecule has 1 saturated carbocycles. The highest BCUT2D eigenvalue weighted by molar-refractivity contribution is 9.10. The second kappa shape index (κ2) is 5.20. The lowest BCUT2D eigenvalue weighted by Crippen LogP contribution is -2.13. The van der Waals surface area contributed by atoms with Crippen LogP contribution in [0, 0.1) is 16.0 Å². The summed E-state index contributed by atoms with van der Waals surface area (Å²) in [5.74, 6) is 0.0207. The molecular formula is C10H12BrClN2O3. The van der Waals surface area contributed by atoms with Crippen LogP contribution in [-0.4, -0.2) is 10.0 Å². The van der Waals surface area contributed by atoms with Gasteiger partial charge in [-0.25, -0.2) is 0 Å². The van der Waals surface area contributed by atoms with E-state index in [1.54, 1.807) is 6.07 Å². The summed E-state index contributed by atoms with van der Waals surface area (Å²) in [6, 6.07) is 2.60. The van der Waals surface area contributed by atoms with Gasteiger partial charge < -0.3 is 10.8 Å². The van der Waals surface area contributed by atoms with Gasteiger partial charge in [0.15, 0.2) is 5.75 Å². The molecule has 1 fully saturated rings. The van der Waals surface area contributed by atoms with Crippen molar-refractivity contribution in [1.82, 2.24) is 0 Å². The normalized spacial score (nSPS) is 16.1. The van der Waals surface area contributed by atoms with E-state index >= 15 is 0 Å². The molecule has 0 amide bonds. The van der Waals surface area contributed by atoms with Gasteiger partial charge in [-0.15, -0.1) is 12.4 Å². The Labute approximate surface area is 113 Å². The van der Waals surface area contributed by atoms with E-state index in [1.165, 1.54) is 6.07 Å². The number of aromatic hydroxyl groups is 1. The quantitative estimate of drug-likeness (QED) is 0.661. The fourth-order valence-electron chi connectivity index (χ4n) is 1.71. The topological polar surface area (TPSA) is 89.4 Å². The maximum atomic E-state index is 10.7. The standard InChI is InChI=1S/C10H11BrN2O3.ClH/c11-6-3-7(9(12)5-1-2-5)10(14)8(4-6)13(15)16;/h3-5,9,14H,1-2,12H2;1H/t9-;/m1./s1. The summed E-state index contributed by atoms with van der Waals surface area (Å²) in [6.07, 6.45) is 2.03. The number of rotatable bonds is 3. The van der Waals surface area contributed by atoms with Crippen molar-refractivity contribution in [3.63, 3.8) is 0 Å². The van der Waals surface area contributed by atoms with Crippen LogP contribution in [0.3, 0.4) is 0 Å². The Morgan fingerprint density at radius 3 is 2.59 bits per heavy atom. The molecule has 0 spiro atoms. The number of halogens is 2. The summed E-state index contributed by atoms with van der Waals surface area (Å²) in [5, 5.41) is 20.5. The van der Waals surface area contributed by atoms with Crippen molar-refractivity contribution in [3.05, 3.63) is 32.3 Å². The van der Waals surface area contributed by atoms with Crippen LogP contribution in [0.15, 0.2) is 16.6 Å². The van der Waals surface area contributed by atoms with E-state index in [2.05, 4.69) is 15.9 Å². The highest BCUT2D eigenvalue weighted by Crippen LogP contribution is 2.45. The zero-order chi connectivity index (χ0) is 11.9. The Kier molecular flexibility index (Phi) is 4.35. The maximum Gasteiger partial charge on any atom is 0.312 e. The first-order chi connectivity index (χ1) is 7.50. The molecule has 94 valence electrons. The minimum atomic E-state index is -0.608. The highest BCUT2D eigenvalue weighted by Gasteiger charge is 2.33. The fourth-order valence-corrected chi connectivity index (χ4v) is 2.17. The Morgan fingerprint density at radius 1 is 1.53 bits per heavy atom. The molecule has 0 heterocycles. The van der Waals surface area contributed by atoms with Crippen molar-refractivity contribution in [1.29, 1.82) is 0 Å². The minimum Gasteiger partial charge on any atom is -0.502 e. The average molecular weight is 324 g/mol. The van der Waals surface area contributed by atoms with Crippen LogP contribution in [0.1, 0.15) is 24.4 Å². The summed E-state index contributed by atoms with van der Waals surface area (Å²) in [7, 11) is 0. The van der Waals surface area contributed by atoms with Gasteiger partial charge in [-0.3, -0.25) is 10.1 Å². The smallest absolute Gasteiger partial charge is 0.312 e. The van der Waals surface area contributed by atoms with Crippen LogP contribution in [0.4, 0.5) is 5.69 Å². The van der Waals surface area contributed by atoms with Gasteiger partial charge in [-0.05, 0) is 24.8 Å². The van der Waals surface area contributed by atoms with E-state index < -0.39 is 4.92 Å². The number of nitrogens with zero attached hydrogens (tertiary/aromatic N) is 1. The number of hydrogen-bond acceptors (Lipinski definition) is 4. The number of benzene rings is 1. The molecule has 1 aliphatic carbocycles. The Balaban J connectivity index is 0.00000144. The number of hydrogen-bond donors (Lipinski definition) is 2. The fraction of sp³-hybridized carbons (Fsp3) is 0.400. The third kappa shape index (κ3) is 2.88. The van der Waals surface area contributed by atoms with Crippen LogP contribution in [-0.2, 0) is 0 Å². The Hall–Kier alpha value is -0.850. The van der Waals surface area contributed by atoms with E-state index in [1.807, 2.05) is 0 Å². The lowest BCUT2D eigenvalue weighted by atomic mass is 10.0. The van der Waals surface area contributed by atoms with Crippen LogP contribution < -0.4 is 5.73 Å². The molecule has 0 bridgehead atoms. The van der Waals surface area contributed by atoms with Gasteiger partial charge in [0.25, 0.3) is 0 Å². The van der Waals surface area contributed by atoms with Crippen LogP contribution in [0.2, 0.25) is 0 Å². The molecule has 0 unspecified atom stereocenters. The molecule has 5 nitrogen and oxygen atoms in total. The molecule has 1 aromatic rings. The van der Waals surface area contributed by atoms with Crippen molar-refractivity contribution < 1.29 is 10.0 Å². The van der Waals surface area contributed by atoms with E-state index in [0.717, 1.165) is 12.8 Å². The molecular weight excluding hydrogens is 311 g/mol. The molecule has 2 rings (SSSR count). The van der Waals surface area contributed by atoms with Gasteiger partial charge in [-0.2, -0.15) is 0 Å². The molecule has 0 aromatic heterocycles. The Bertz CT molecular complexity index is 451. The third-order valence-electron chi connectivity index (χ3n) is 2.77. The molecule has 0 radical (unpaired) electrons. The molecule has 7 heteroatoms. The lowest BCUT2D eigenvalue weighted by molar-refractivity contribution is -0.386. The van der Waals surface area contributed by atoms with Gasteiger partial charge in [-0.1, -0.05) is 15.9 Å². The van der Waals surface area contributed by atoms with Crippen molar-refractivity contribution >= 4 is 34.0 Å². The monoisotopic (exact) mass is 322 g/mol. The molecule has 1 aliphatic rings. The van der Waals surface area contributed by atoms with Crippen LogP contribution >= 0.6 is 28.3 Å². The molecule has 0 aliphatic heterocycles. The SMILES string of the molecule is Cl.N[C@@H](c1cc(Br)cc([N+](=O)[O-])c1O)C1CC1. The van der Waals surface area contributed by atoms with Crippen LogP contribution in [0.25, 0.3) is 0 Å². The largest absolute Gasteiger partial charge is 0.502 e. The van der Waals surface area contributed by atoms with Crippen molar-refractivity contribution in [3.8, 4) is 5.75 Å². The summed E-state index contributed by atoms with van der Waals surface area (Å²) < 4.78 is 0.558. The third-order valence-corrected chi connectivity index (χ3v) is 3.23. The number of nitrogens with two attached hydrogens (primary N) is 1. The summed E-state index contributed by atoms with van der Waals surface area (Å²) >= 11 is 3.18. The van der Waals surface area contributed by atoms with Gasteiger partial charge in [0.2, 0.25) is 0 Å². The maximum absolute atomic E-state index is 10.7. The molecule has 1 atom stereocenters. The van der Waals surface area contributed by atoms with Gasteiger partial charge in [0.1, 0.15) is 0 Å². The first-order valence-corrected chi connectivity index (χ1v) is 5.72. The number of nitro groups is 1. The Morgan fingerprint density at radius 2 is 2.12 bits per heavy atom. The predicted molar refractivity (Wildman–Crippen MR) is 69.4 cm³/mol. The summed E-state index contributed by atoms with van der Waals surface area (Å²) in [5.41, 5.74) is 6.08. The van der Waals surface area contributed by atoms with Crippen LogP contribution in [0.5, 0.6) is 5.75 Å². The summed E-state index contributed by atoms with van der Waals surface area (Å²) in [4.78, 5) is 10.1. The number of nitro benzene ring substituents is 1. The second-order valence-corrected chi connectivity index (χ2v) is 4.90. The highest BCUT2D eigenvalue weighted by atomic mass is 79.9. The van der Waals surface area contributed by atoms with Gasteiger partial charge in [0, 0.05) is 22.1 Å². The molecule has 0 saturated heterocycles. The van der Waals surface area contributed by atoms with Gasteiger partial charge >= 0.3 is 5.69 Å². The van der Waals surface area contributed by atoms with E-state index in [4.69, 9.17) is 5.73 Å². The van der Waals surface area contributed by atoms with Crippen molar-refractivity contribution in [2.24, 2.45) is 11.7 Å².